The largest absolute Gasteiger partial charge is 0.245 e. The average molecular weight is 792 g/mol. The fourth-order valence-corrected chi connectivity index (χ4v) is 11.1. The van der Waals surface area contributed by atoms with E-state index in [2.05, 4.69) is 121 Å². The molecule has 0 aliphatic heterocycles. The third-order valence-electron chi connectivity index (χ3n) is 11.3. The normalized spacial score (nSPS) is 13.6. The summed E-state index contributed by atoms with van der Waals surface area (Å²) in [5.74, 6) is 0. The van der Waals surface area contributed by atoms with E-state index in [-0.39, 0.29) is 11.1 Å². The zero-order chi connectivity index (χ0) is 44.7. The Bertz CT molecular complexity index is 3640. The number of nitrogens with zero attached hydrogens (tertiary/aromatic N) is 3. The molecular weight excluding hydrogens is 743 g/mol. The number of pyridine rings is 3. The summed E-state index contributed by atoms with van der Waals surface area (Å²) >= 11 is 3.37. The SMILES string of the molecule is Cc1ccccc1-c1c2sc3ccc4cc(-c5ccccc5)ccc4c3c2cc[n+]1C.[2H]C([2H])([2H])c1ccc(-c2c3sc4ncc5ccccc5c4c3c(C([2H])([2H])[2H])c[n+]2C)c(C)c1. The Labute approximate surface area is 355 Å². The highest BCUT2D eigenvalue weighted by Crippen LogP contribution is 2.44. The van der Waals surface area contributed by atoms with E-state index in [9.17, 15) is 0 Å². The lowest BCUT2D eigenvalue weighted by Crippen LogP contribution is -2.31. The van der Waals surface area contributed by atoms with Gasteiger partial charge in [-0.3, -0.25) is 0 Å². The minimum Gasteiger partial charge on any atom is -0.245 e. The topological polar surface area (TPSA) is 20.6 Å². The summed E-state index contributed by atoms with van der Waals surface area (Å²) in [6, 6.07) is 46.0. The maximum atomic E-state index is 8.23. The van der Waals surface area contributed by atoms with Crippen LogP contribution in [-0.4, -0.2) is 4.98 Å². The van der Waals surface area contributed by atoms with E-state index in [1.165, 1.54) is 70.2 Å². The number of aromatic nitrogens is 3. The van der Waals surface area contributed by atoms with Crippen LogP contribution in [0.3, 0.4) is 0 Å². The Hall–Kier alpha value is -6.27. The molecule has 280 valence electrons. The van der Waals surface area contributed by atoms with Crippen LogP contribution in [0.2, 0.25) is 0 Å². The van der Waals surface area contributed by atoms with Crippen LogP contribution in [0, 0.1) is 27.6 Å². The van der Waals surface area contributed by atoms with Gasteiger partial charge in [-0.2, -0.15) is 9.13 Å². The molecule has 11 aromatic rings. The van der Waals surface area contributed by atoms with Crippen LogP contribution in [0.4, 0.5) is 0 Å². The Kier molecular flexibility index (Phi) is 7.36. The molecule has 5 heteroatoms. The van der Waals surface area contributed by atoms with Gasteiger partial charge in [-0.05, 0) is 90.2 Å². The number of benzene rings is 6. The molecule has 11 rings (SSSR count). The third-order valence-corrected chi connectivity index (χ3v) is 13.6. The van der Waals surface area contributed by atoms with Gasteiger partial charge in [0.2, 0.25) is 11.4 Å². The van der Waals surface area contributed by atoms with Crippen LogP contribution in [0.15, 0.2) is 152 Å². The molecule has 5 aromatic heterocycles. The van der Waals surface area contributed by atoms with Crippen LogP contribution < -0.4 is 9.13 Å². The summed E-state index contributed by atoms with van der Waals surface area (Å²) in [5.41, 5.74) is 9.52. The molecule has 0 fully saturated rings. The monoisotopic (exact) mass is 791 g/mol. The van der Waals surface area contributed by atoms with Crippen molar-refractivity contribution in [3.8, 4) is 33.6 Å². The molecule has 5 heterocycles. The van der Waals surface area contributed by atoms with E-state index in [1.807, 2.05) is 66.4 Å². The minimum atomic E-state index is -2.31. The summed E-state index contributed by atoms with van der Waals surface area (Å²) in [7, 11) is 3.98. The maximum Gasteiger partial charge on any atom is 0.230 e. The molecule has 6 aromatic carbocycles. The van der Waals surface area contributed by atoms with E-state index < -0.39 is 13.7 Å². The predicted octanol–water partition coefficient (Wildman–Crippen LogP) is 13.7. The lowest BCUT2D eigenvalue weighted by atomic mass is 9.98. The quantitative estimate of drug-likeness (QED) is 0.163. The number of fused-ring (bicyclic) bond motifs is 10. The van der Waals surface area contributed by atoms with Crippen LogP contribution in [0.1, 0.15) is 30.5 Å². The van der Waals surface area contributed by atoms with Gasteiger partial charge in [0, 0.05) is 57.7 Å². The molecule has 58 heavy (non-hydrogen) atoms. The number of rotatable bonds is 3. The highest BCUT2D eigenvalue weighted by atomic mass is 32.1. The first-order chi connectivity index (χ1) is 30.7. The molecule has 0 aliphatic rings. The predicted molar refractivity (Wildman–Crippen MR) is 249 cm³/mol. The Morgan fingerprint density at radius 1 is 0.534 bits per heavy atom. The Balaban J connectivity index is 0.000000152. The maximum absolute atomic E-state index is 8.23. The summed E-state index contributed by atoms with van der Waals surface area (Å²) in [6.45, 7) is -0.414. The summed E-state index contributed by atoms with van der Waals surface area (Å²) < 4.78 is 55.5. The van der Waals surface area contributed by atoms with Gasteiger partial charge in [0.1, 0.15) is 28.3 Å². The van der Waals surface area contributed by atoms with Gasteiger partial charge < -0.3 is 0 Å². The molecule has 0 atom stereocenters. The standard InChI is InChI=1S/C29H22NS.C24H21N2S/c1-19-8-6-7-11-23(19)28-29-25(16-17-30(28)2)27-24-14-12-21(20-9-4-3-5-10-20)18-22(24)13-15-26(27)31-29;1-14-9-10-18(15(2)11-14)22-23-20(16(3)13-26(22)4)21-19-8-6-5-7-17(19)12-25-24(21)27-23/h3-18H,1-2H3;5-13H,1-4H3/q2*+1/i;1D3,3D3. The van der Waals surface area contributed by atoms with Crippen LogP contribution in [-0.2, 0) is 14.1 Å². The van der Waals surface area contributed by atoms with E-state index in [4.69, 9.17) is 8.22 Å². The number of aryl methyl sites for hydroxylation is 6. The van der Waals surface area contributed by atoms with Crippen molar-refractivity contribution >= 4 is 84.7 Å². The Morgan fingerprint density at radius 2 is 1.31 bits per heavy atom. The first-order valence-electron chi connectivity index (χ1n) is 22.3. The lowest BCUT2D eigenvalue weighted by Gasteiger charge is -2.08. The van der Waals surface area contributed by atoms with Crippen molar-refractivity contribution in [3.05, 3.63) is 174 Å². The molecule has 0 aliphatic carbocycles. The van der Waals surface area contributed by atoms with Gasteiger partial charge in [0.15, 0.2) is 12.4 Å². The van der Waals surface area contributed by atoms with Crippen molar-refractivity contribution in [2.75, 3.05) is 0 Å². The molecule has 0 bridgehead atoms. The average Bonchev–Trinajstić information content (AvgIpc) is 3.86. The highest BCUT2D eigenvalue weighted by molar-refractivity contribution is 7.26. The first-order valence-corrected chi connectivity index (χ1v) is 20.9. The van der Waals surface area contributed by atoms with Crippen LogP contribution >= 0.6 is 22.7 Å². The zero-order valence-electron chi connectivity index (χ0n) is 38.6. The second kappa shape index (κ2) is 14.3. The molecule has 0 spiro atoms. The zero-order valence-corrected chi connectivity index (χ0v) is 34.2. The van der Waals surface area contributed by atoms with Crippen molar-refractivity contribution < 1.29 is 17.4 Å². The van der Waals surface area contributed by atoms with Crippen molar-refractivity contribution in [2.45, 2.75) is 27.6 Å². The number of hydrogen-bond donors (Lipinski definition) is 0. The van der Waals surface area contributed by atoms with Gasteiger partial charge in [-0.1, -0.05) is 109 Å². The molecule has 3 nitrogen and oxygen atoms in total. The van der Waals surface area contributed by atoms with Gasteiger partial charge >= 0.3 is 0 Å². The van der Waals surface area contributed by atoms with E-state index in [1.54, 1.807) is 18.3 Å². The van der Waals surface area contributed by atoms with E-state index >= 15 is 0 Å². The molecule has 0 saturated carbocycles. The lowest BCUT2D eigenvalue weighted by molar-refractivity contribution is -0.659. The van der Waals surface area contributed by atoms with E-state index in [0.29, 0.717) is 5.39 Å². The van der Waals surface area contributed by atoms with Crippen molar-refractivity contribution in [1.82, 2.24) is 4.98 Å². The van der Waals surface area contributed by atoms with Gasteiger partial charge in [-0.25, -0.2) is 4.98 Å². The molecule has 0 amide bonds. The van der Waals surface area contributed by atoms with Crippen molar-refractivity contribution in [3.63, 3.8) is 0 Å². The molecular formula is C53H43N3S2+2. The van der Waals surface area contributed by atoms with Crippen molar-refractivity contribution in [1.29, 1.82) is 0 Å². The fraction of sp³-hybridized carbons (Fsp3) is 0.113. The highest BCUT2D eigenvalue weighted by Gasteiger charge is 2.25. The summed E-state index contributed by atoms with van der Waals surface area (Å²) in [5, 5.41) is 8.78. The molecule has 0 unspecified atom stereocenters. The van der Waals surface area contributed by atoms with Crippen LogP contribution in [0.5, 0.6) is 0 Å². The second-order valence-corrected chi connectivity index (χ2v) is 17.1. The number of hydrogen-bond acceptors (Lipinski definition) is 3. The third kappa shape index (κ3) is 5.96. The Morgan fingerprint density at radius 3 is 2.14 bits per heavy atom. The minimum absolute atomic E-state index is 0.282. The summed E-state index contributed by atoms with van der Waals surface area (Å²) in [6.07, 6.45) is 5.70. The number of thiophene rings is 2. The first kappa shape index (κ1) is 29.9. The molecule has 0 saturated heterocycles. The van der Waals surface area contributed by atoms with E-state index in [0.717, 1.165) is 42.5 Å². The summed E-state index contributed by atoms with van der Waals surface area (Å²) in [4.78, 5) is 5.43. The smallest absolute Gasteiger partial charge is 0.230 e. The fourth-order valence-electron chi connectivity index (χ4n) is 8.54. The van der Waals surface area contributed by atoms with Gasteiger partial charge in [0.05, 0.1) is 11.1 Å². The second-order valence-electron chi connectivity index (χ2n) is 15.0. The molecule has 0 N–H and O–H groups in total. The van der Waals surface area contributed by atoms with Crippen LogP contribution in [0.25, 0.3) is 95.7 Å². The van der Waals surface area contributed by atoms with Gasteiger partial charge in [-0.15, -0.1) is 22.7 Å². The van der Waals surface area contributed by atoms with Crippen molar-refractivity contribution in [2.24, 2.45) is 14.1 Å². The van der Waals surface area contributed by atoms with Gasteiger partial charge in [0.25, 0.3) is 0 Å². The molecule has 0 radical (unpaired) electrons.